The first-order valence-corrected chi connectivity index (χ1v) is 17.9. The molecule has 0 spiro atoms. The maximum Gasteiger partial charge on any atom is 0.397 e. The van der Waals surface area contributed by atoms with Crippen LogP contribution >= 0.6 is 0 Å². The fraction of sp³-hybridized carbons (Fsp3) is 0.471. The molecule has 12 nitrogen and oxygen atoms in total. The molecule has 0 radical (unpaired) electrons. The van der Waals surface area contributed by atoms with Crippen molar-refractivity contribution in [1.82, 2.24) is 24.8 Å². The van der Waals surface area contributed by atoms with Gasteiger partial charge in [0, 0.05) is 37.1 Å². The second kappa shape index (κ2) is 14.4. The third-order valence-electron chi connectivity index (χ3n) is 8.66. The van der Waals surface area contributed by atoms with Gasteiger partial charge in [-0.15, -0.1) is 5.10 Å². The minimum absolute atomic E-state index is 0.0324. The summed E-state index contributed by atoms with van der Waals surface area (Å²) >= 11 is 0. The third-order valence-corrected chi connectivity index (χ3v) is 10.1. The van der Waals surface area contributed by atoms with Gasteiger partial charge in [-0.1, -0.05) is 50.1 Å². The lowest BCUT2D eigenvalue weighted by atomic mass is 9.94. The molecule has 2 aliphatic rings. The summed E-state index contributed by atoms with van der Waals surface area (Å²) in [6.45, 7) is 5.32. The summed E-state index contributed by atoms with van der Waals surface area (Å²) in [5.41, 5.74) is -1.40. The van der Waals surface area contributed by atoms with Crippen LogP contribution in [0.3, 0.4) is 0 Å². The molecule has 3 aromatic rings. The summed E-state index contributed by atoms with van der Waals surface area (Å²) < 4.78 is 77.5. The van der Waals surface area contributed by atoms with E-state index in [0.717, 1.165) is 50.7 Å². The highest BCUT2D eigenvalue weighted by Gasteiger charge is 2.48. The van der Waals surface area contributed by atoms with E-state index in [-0.39, 0.29) is 23.3 Å². The number of carbonyl (C=O) groups is 1. The molecule has 0 saturated carbocycles. The van der Waals surface area contributed by atoms with Gasteiger partial charge in [0.25, 0.3) is 10.0 Å². The smallest absolute Gasteiger partial charge is 0.397 e. The van der Waals surface area contributed by atoms with Gasteiger partial charge in [-0.2, -0.15) is 17.9 Å². The molecule has 270 valence electrons. The molecular weight excluding hydrogens is 675 g/mol. The number of ether oxygens (including phenoxy) is 1. The molecule has 2 unspecified atom stereocenters. The van der Waals surface area contributed by atoms with Gasteiger partial charge in [0.2, 0.25) is 5.88 Å². The second-order valence-corrected chi connectivity index (χ2v) is 15.1. The highest BCUT2D eigenvalue weighted by atomic mass is 32.2. The molecule has 1 aromatic carbocycles. The molecule has 4 heterocycles. The van der Waals surface area contributed by atoms with Crippen molar-refractivity contribution in [1.29, 1.82) is 0 Å². The third kappa shape index (κ3) is 8.46. The Bertz CT molecular complexity index is 1880. The van der Waals surface area contributed by atoms with E-state index in [1.54, 1.807) is 26.0 Å². The largest absolute Gasteiger partial charge is 0.481 e. The molecule has 5 rings (SSSR count). The number of pyridine rings is 1. The topological polar surface area (TPSA) is 151 Å². The lowest BCUT2D eigenvalue weighted by molar-refractivity contribution is -0.219. The van der Waals surface area contributed by atoms with E-state index >= 15 is 0 Å². The number of fused-ring (bicyclic) bond motifs is 6. The van der Waals surface area contributed by atoms with Crippen LogP contribution in [0.1, 0.15) is 64.5 Å². The van der Waals surface area contributed by atoms with Crippen LogP contribution in [0.5, 0.6) is 5.88 Å². The Balaban J connectivity index is 1.53. The Morgan fingerprint density at radius 2 is 1.82 bits per heavy atom. The molecule has 3 N–H and O–H groups in total. The average Bonchev–Trinajstić information content (AvgIpc) is 3.52. The molecule has 2 atom stereocenters. The fourth-order valence-electron chi connectivity index (χ4n) is 5.58. The molecule has 2 aromatic heterocycles. The molecule has 0 saturated heterocycles. The zero-order valence-corrected chi connectivity index (χ0v) is 29.2. The summed E-state index contributed by atoms with van der Waals surface area (Å²) in [6, 6.07) is 13.7. The van der Waals surface area contributed by atoms with Gasteiger partial charge in [-0.3, -0.25) is 4.79 Å². The first-order chi connectivity index (χ1) is 23.5. The standard InChI is InChI=1S/C34H42F3N7O5S/c1-23(31(45)46)20-43-18-10-6-5-7-12-24-13-8-9-14-25(24)29-30(44-19-17-27(41-44)49-22-32(2,3)34(35,36)37)38-21-33(4,40-29)42-50(47,48)28-16-11-15-26(43)39-28/h8-9,11,13-17,19,21,23,40,42H,5-7,10,12,18,20,22H2,1-4H3,(H,45,46). The van der Waals surface area contributed by atoms with Crippen LogP contribution in [-0.2, 0) is 21.2 Å². The van der Waals surface area contributed by atoms with Crippen molar-refractivity contribution in [3.8, 4) is 5.88 Å². The number of nitrogens with one attached hydrogen (secondary N) is 2. The number of benzene rings is 1. The van der Waals surface area contributed by atoms with Gasteiger partial charge in [-0.05, 0) is 57.7 Å². The van der Waals surface area contributed by atoms with Gasteiger partial charge in [0.05, 0.1) is 17.0 Å². The lowest BCUT2D eigenvalue weighted by Gasteiger charge is -2.34. The molecule has 2 aliphatic heterocycles. The Kier molecular flexibility index (Phi) is 10.6. The number of sulfonamides is 1. The first-order valence-electron chi connectivity index (χ1n) is 16.4. The van der Waals surface area contributed by atoms with Crippen molar-refractivity contribution < 1.29 is 36.2 Å². The van der Waals surface area contributed by atoms with E-state index < -0.39 is 45.8 Å². The van der Waals surface area contributed by atoms with Crippen LogP contribution < -0.4 is 19.7 Å². The number of alkyl halides is 3. The molecule has 0 amide bonds. The number of carboxylic acid groups (broad SMARTS) is 1. The maximum atomic E-state index is 13.9. The number of carboxylic acids is 1. The molecular formula is C34H42F3N7O5S. The van der Waals surface area contributed by atoms with E-state index in [1.165, 1.54) is 29.2 Å². The van der Waals surface area contributed by atoms with Crippen molar-refractivity contribution in [3.05, 3.63) is 65.9 Å². The first kappa shape index (κ1) is 36.8. The van der Waals surface area contributed by atoms with Crippen molar-refractivity contribution in [3.63, 3.8) is 0 Å². The van der Waals surface area contributed by atoms with Crippen LogP contribution in [0.25, 0.3) is 11.5 Å². The van der Waals surface area contributed by atoms with E-state index in [1.807, 2.05) is 29.2 Å². The fourth-order valence-corrected chi connectivity index (χ4v) is 6.82. The molecule has 16 heteroatoms. The van der Waals surface area contributed by atoms with E-state index in [4.69, 9.17) is 4.74 Å². The predicted molar refractivity (Wildman–Crippen MR) is 183 cm³/mol. The number of hydrogen-bond donors (Lipinski definition) is 3. The van der Waals surface area contributed by atoms with Gasteiger partial charge in [0.1, 0.15) is 18.1 Å². The molecule has 0 aliphatic carbocycles. The van der Waals surface area contributed by atoms with Gasteiger partial charge >= 0.3 is 12.1 Å². The van der Waals surface area contributed by atoms with Crippen LogP contribution in [0.15, 0.2) is 64.7 Å². The normalized spacial score (nSPS) is 20.7. The Morgan fingerprint density at radius 3 is 2.56 bits per heavy atom. The SMILES string of the molecule is CC(CN1CCCCCCc2ccccc2C2=C(n3ccc(OCC(C)(C)C(F)(F)F)n3)N=CC(C)(N2)NS(=O)(=O)c2cccc1n2)C(=O)O. The van der Waals surface area contributed by atoms with Crippen LogP contribution in [0.4, 0.5) is 19.0 Å². The quantitative estimate of drug-likeness (QED) is 0.286. The monoisotopic (exact) mass is 717 g/mol. The highest BCUT2D eigenvalue weighted by molar-refractivity contribution is 7.89. The van der Waals surface area contributed by atoms with Crippen molar-refractivity contribution in [2.24, 2.45) is 16.3 Å². The summed E-state index contributed by atoms with van der Waals surface area (Å²) in [7, 11) is -4.27. The minimum atomic E-state index is -4.47. The number of halogens is 3. The van der Waals surface area contributed by atoms with Crippen molar-refractivity contribution in [2.75, 3.05) is 24.6 Å². The Labute approximate surface area is 289 Å². The summed E-state index contributed by atoms with van der Waals surface area (Å²) in [5.74, 6) is -1.06. The average molecular weight is 718 g/mol. The van der Waals surface area contributed by atoms with Crippen molar-refractivity contribution >= 4 is 39.5 Å². The van der Waals surface area contributed by atoms with Gasteiger partial charge in [0.15, 0.2) is 10.8 Å². The van der Waals surface area contributed by atoms with Gasteiger partial charge in [-0.25, -0.2) is 23.1 Å². The number of aliphatic carboxylic acids is 1. The van der Waals surface area contributed by atoms with E-state index in [9.17, 15) is 31.5 Å². The number of rotatable bonds is 7. The van der Waals surface area contributed by atoms with Crippen LogP contribution in [-0.4, -0.2) is 72.0 Å². The number of anilines is 1. The summed E-state index contributed by atoms with van der Waals surface area (Å²) in [4.78, 5) is 22.6. The number of aryl methyl sites for hydroxylation is 1. The minimum Gasteiger partial charge on any atom is -0.481 e. The number of aliphatic imine (C=N–C) groups is 1. The molecule has 4 bridgehead atoms. The Hall–Kier alpha value is -4.44. The predicted octanol–water partition coefficient (Wildman–Crippen LogP) is 5.54. The molecule has 50 heavy (non-hydrogen) atoms. The van der Waals surface area contributed by atoms with Crippen LogP contribution in [0.2, 0.25) is 0 Å². The number of hydrogen-bond acceptors (Lipinski definition) is 9. The maximum absolute atomic E-state index is 13.9. The lowest BCUT2D eigenvalue weighted by Crippen LogP contribution is -2.58. The van der Waals surface area contributed by atoms with Gasteiger partial charge < -0.3 is 20.1 Å². The summed E-state index contributed by atoms with van der Waals surface area (Å²) in [6.07, 6.45) is 2.46. The van der Waals surface area contributed by atoms with E-state index in [0.29, 0.717) is 24.5 Å². The Morgan fingerprint density at radius 1 is 1.08 bits per heavy atom. The second-order valence-electron chi connectivity index (χ2n) is 13.5. The molecule has 0 fully saturated rings. The summed E-state index contributed by atoms with van der Waals surface area (Å²) in [5, 5.41) is 17.0. The van der Waals surface area contributed by atoms with Crippen molar-refractivity contribution in [2.45, 2.75) is 76.7 Å². The zero-order chi connectivity index (χ0) is 36.3. The van der Waals surface area contributed by atoms with E-state index in [2.05, 4.69) is 25.1 Å². The number of aromatic nitrogens is 3. The zero-order valence-electron chi connectivity index (χ0n) is 28.4. The number of nitrogens with zero attached hydrogens (tertiary/aromatic N) is 5. The highest BCUT2D eigenvalue weighted by Crippen LogP contribution is 2.38. The van der Waals surface area contributed by atoms with Crippen LogP contribution in [0, 0.1) is 11.3 Å².